The van der Waals surface area contributed by atoms with E-state index in [9.17, 15) is 0 Å². The first kappa shape index (κ1) is 13.7. The molecule has 1 atom stereocenters. The molecular formula is C14H28N2. The molecule has 2 N–H and O–H groups in total. The highest BCUT2D eigenvalue weighted by Crippen LogP contribution is 2.27. The predicted molar refractivity (Wildman–Crippen MR) is 71.4 cm³/mol. The molecule has 94 valence electrons. The number of rotatable bonds is 9. The Bertz CT molecular complexity index is 197. The third kappa shape index (κ3) is 5.13. The molecule has 0 aliphatic heterocycles. The highest BCUT2D eigenvalue weighted by Gasteiger charge is 2.28. The molecule has 1 saturated carbocycles. The van der Waals surface area contributed by atoms with Crippen molar-refractivity contribution in [1.29, 1.82) is 0 Å². The Morgan fingerprint density at radius 3 is 2.56 bits per heavy atom. The molecular weight excluding hydrogens is 196 g/mol. The van der Waals surface area contributed by atoms with E-state index < -0.39 is 0 Å². The molecule has 0 radical (unpaired) electrons. The summed E-state index contributed by atoms with van der Waals surface area (Å²) in [5.74, 6) is 1.47. The summed E-state index contributed by atoms with van der Waals surface area (Å²) in [7, 11) is 0. The zero-order valence-corrected chi connectivity index (χ0v) is 11.0. The van der Waals surface area contributed by atoms with Crippen molar-refractivity contribution >= 4 is 0 Å². The molecule has 1 fully saturated rings. The molecule has 1 rings (SSSR count). The molecule has 2 nitrogen and oxygen atoms in total. The van der Waals surface area contributed by atoms with Crippen LogP contribution in [0.5, 0.6) is 0 Å². The van der Waals surface area contributed by atoms with Crippen molar-refractivity contribution in [3.8, 4) is 0 Å². The summed E-state index contributed by atoms with van der Waals surface area (Å²) in [5, 5.41) is 0. The first-order chi connectivity index (χ1) is 7.67. The van der Waals surface area contributed by atoms with Crippen molar-refractivity contribution in [3.63, 3.8) is 0 Å². The molecule has 0 aromatic rings. The van der Waals surface area contributed by atoms with Gasteiger partial charge in [0.25, 0.3) is 0 Å². The van der Waals surface area contributed by atoms with Crippen molar-refractivity contribution in [2.75, 3.05) is 19.6 Å². The first-order valence-electron chi connectivity index (χ1n) is 6.72. The minimum atomic E-state index is 0.700. The Balaban J connectivity index is 2.25. The average Bonchev–Trinajstić information content (AvgIpc) is 3.05. The summed E-state index contributed by atoms with van der Waals surface area (Å²) in [6.45, 7) is 11.5. The van der Waals surface area contributed by atoms with Gasteiger partial charge in [-0.05, 0) is 50.6 Å². The fraction of sp³-hybridized carbons (Fsp3) is 0.857. The smallest absolute Gasteiger partial charge is 0.0163 e. The fourth-order valence-corrected chi connectivity index (χ4v) is 2.38. The SMILES string of the molecule is C=CCN(CCC(CN)CC(C)C)C1CC1. The summed E-state index contributed by atoms with van der Waals surface area (Å²) in [4.78, 5) is 2.57. The van der Waals surface area contributed by atoms with Crippen LogP contribution in [0.4, 0.5) is 0 Å². The average molecular weight is 224 g/mol. The van der Waals surface area contributed by atoms with Gasteiger partial charge >= 0.3 is 0 Å². The molecule has 0 aromatic carbocycles. The van der Waals surface area contributed by atoms with E-state index in [2.05, 4.69) is 25.3 Å². The lowest BCUT2D eigenvalue weighted by Crippen LogP contribution is -2.30. The summed E-state index contributed by atoms with van der Waals surface area (Å²) < 4.78 is 0. The molecule has 0 aromatic heterocycles. The molecule has 1 unspecified atom stereocenters. The summed E-state index contributed by atoms with van der Waals surface area (Å²) in [6, 6.07) is 0.843. The molecule has 0 spiro atoms. The number of nitrogens with two attached hydrogens (primary N) is 1. The maximum absolute atomic E-state index is 5.83. The zero-order valence-electron chi connectivity index (χ0n) is 11.0. The minimum Gasteiger partial charge on any atom is -0.330 e. The van der Waals surface area contributed by atoms with Gasteiger partial charge in [0.15, 0.2) is 0 Å². The third-order valence-corrected chi connectivity index (χ3v) is 3.39. The molecule has 0 bridgehead atoms. The predicted octanol–water partition coefficient (Wildman–Crippen LogP) is 2.65. The van der Waals surface area contributed by atoms with E-state index in [1.165, 1.54) is 32.2 Å². The number of hydrogen-bond acceptors (Lipinski definition) is 2. The Kier molecular flexibility index (Phi) is 6.07. The topological polar surface area (TPSA) is 29.3 Å². The number of hydrogen-bond donors (Lipinski definition) is 1. The Morgan fingerprint density at radius 1 is 1.44 bits per heavy atom. The fourth-order valence-electron chi connectivity index (χ4n) is 2.38. The summed E-state index contributed by atoms with van der Waals surface area (Å²) in [6.07, 6.45) is 7.30. The minimum absolute atomic E-state index is 0.700. The van der Waals surface area contributed by atoms with Gasteiger partial charge in [-0.3, -0.25) is 4.90 Å². The van der Waals surface area contributed by atoms with E-state index in [0.29, 0.717) is 5.92 Å². The van der Waals surface area contributed by atoms with Crippen molar-refractivity contribution in [1.82, 2.24) is 4.90 Å². The van der Waals surface area contributed by atoms with Gasteiger partial charge in [-0.2, -0.15) is 0 Å². The zero-order chi connectivity index (χ0) is 12.0. The maximum atomic E-state index is 5.83. The van der Waals surface area contributed by atoms with Crippen LogP contribution >= 0.6 is 0 Å². The van der Waals surface area contributed by atoms with Gasteiger partial charge in [0, 0.05) is 12.6 Å². The van der Waals surface area contributed by atoms with Crippen LogP contribution in [0.2, 0.25) is 0 Å². The second-order valence-electron chi connectivity index (χ2n) is 5.53. The van der Waals surface area contributed by atoms with Crippen molar-refractivity contribution in [2.24, 2.45) is 17.6 Å². The van der Waals surface area contributed by atoms with Gasteiger partial charge in [-0.1, -0.05) is 19.9 Å². The van der Waals surface area contributed by atoms with E-state index in [1.807, 2.05) is 6.08 Å². The normalized spacial score (nSPS) is 18.1. The summed E-state index contributed by atoms with van der Waals surface area (Å²) >= 11 is 0. The molecule has 0 heterocycles. The lowest BCUT2D eigenvalue weighted by molar-refractivity contribution is 0.255. The maximum Gasteiger partial charge on any atom is 0.0163 e. The molecule has 1 aliphatic rings. The van der Waals surface area contributed by atoms with Crippen LogP contribution in [-0.4, -0.2) is 30.6 Å². The van der Waals surface area contributed by atoms with E-state index >= 15 is 0 Å². The monoisotopic (exact) mass is 224 g/mol. The van der Waals surface area contributed by atoms with Crippen LogP contribution in [0.1, 0.15) is 39.5 Å². The standard InChI is InChI=1S/C14H28N2/c1-4-8-16(14-5-6-14)9-7-13(11-15)10-12(2)3/h4,12-14H,1,5-11,15H2,2-3H3. The van der Waals surface area contributed by atoms with Crippen LogP contribution < -0.4 is 5.73 Å². The molecule has 1 aliphatic carbocycles. The van der Waals surface area contributed by atoms with Gasteiger partial charge in [-0.25, -0.2) is 0 Å². The highest BCUT2D eigenvalue weighted by molar-refractivity contribution is 4.88. The van der Waals surface area contributed by atoms with Crippen LogP contribution in [0.3, 0.4) is 0 Å². The van der Waals surface area contributed by atoms with Crippen molar-refractivity contribution < 1.29 is 0 Å². The molecule has 2 heteroatoms. The molecule has 0 saturated heterocycles. The van der Waals surface area contributed by atoms with E-state index in [-0.39, 0.29) is 0 Å². The van der Waals surface area contributed by atoms with Gasteiger partial charge in [0.2, 0.25) is 0 Å². The quantitative estimate of drug-likeness (QED) is 0.610. The second-order valence-corrected chi connectivity index (χ2v) is 5.53. The van der Waals surface area contributed by atoms with Crippen molar-refractivity contribution in [2.45, 2.75) is 45.6 Å². The van der Waals surface area contributed by atoms with Crippen LogP contribution in [0.25, 0.3) is 0 Å². The van der Waals surface area contributed by atoms with Gasteiger partial charge in [0.1, 0.15) is 0 Å². The second kappa shape index (κ2) is 7.08. The van der Waals surface area contributed by atoms with E-state index in [1.54, 1.807) is 0 Å². The van der Waals surface area contributed by atoms with Crippen LogP contribution in [-0.2, 0) is 0 Å². The Hall–Kier alpha value is -0.340. The Morgan fingerprint density at radius 2 is 2.12 bits per heavy atom. The number of nitrogens with zero attached hydrogens (tertiary/aromatic N) is 1. The lowest BCUT2D eigenvalue weighted by atomic mass is 9.94. The Labute approximate surface area is 101 Å². The van der Waals surface area contributed by atoms with E-state index in [0.717, 1.165) is 25.0 Å². The highest BCUT2D eigenvalue weighted by atomic mass is 15.2. The van der Waals surface area contributed by atoms with Gasteiger partial charge in [0.05, 0.1) is 0 Å². The van der Waals surface area contributed by atoms with Gasteiger partial charge in [-0.15, -0.1) is 6.58 Å². The summed E-state index contributed by atoms with van der Waals surface area (Å²) in [5.41, 5.74) is 5.83. The van der Waals surface area contributed by atoms with Crippen LogP contribution in [0.15, 0.2) is 12.7 Å². The first-order valence-corrected chi connectivity index (χ1v) is 6.72. The van der Waals surface area contributed by atoms with Crippen LogP contribution in [0, 0.1) is 11.8 Å². The lowest BCUT2D eigenvalue weighted by Gasteiger charge is -2.24. The van der Waals surface area contributed by atoms with E-state index in [4.69, 9.17) is 5.73 Å². The third-order valence-electron chi connectivity index (χ3n) is 3.39. The van der Waals surface area contributed by atoms with Gasteiger partial charge < -0.3 is 5.73 Å². The largest absolute Gasteiger partial charge is 0.330 e. The molecule has 0 amide bonds. The molecule has 16 heavy (non-hydrogen) atoms. The van der Waals surface area contributed by atoms with Crippen molar-refractivity contribution in [3.05, 3.63) is 12.7 Å².